The van der Waals surface area contributed by atoms with Crippen molar-refractivity contribution in [3.8, 4) is 0 Å². The van der Waals surface area contributed by atoms with Gasteiger partial charge in [0, 0.05) is 30.4 Å². The molecule has 3 aromatic rings. The number of benzene rings is 1. The molecule has 2 aromatic heterocycles. The Kier molecular flexibility index (Phi) is 5.94. The highest BCUT2D eigenvalue weighted by Crippen LogP contribution is 2.31. The normalized spacial score (nSPS) is 14.9. The van der Waals surface area contributed by atoms with E-state index in [9.17, 15) is 9.59 Å². The first-order chi connectivity index (χ1) is 14.4. The fourth-order valence-corrected chi connectivity index (χ4v) is 4.94. The van der Waals surface area contributed by atoms with Crippen LogP contribution in [0.15, 0.2) is 45.3 Å². The minimum absolute atomic E-state index is 0.0544. The van der Waals surface area contributed by atoms with E-state index in [1.165, 1.54) is 32.8 Å². The number of nitrogens with zero attached hydrogens (tertiary/aromatic N) is 5. The zero-order valence-corrected chi connectivity index (χ0v) is 18.5. The molecule has 0 atom stereocenters. The Morgan fingerprint density at radius 3 is 2.73 bits per heavy atom. The van der Waals surface area contributed by atoms with Crippen molar-refractivity contribution in [2.45, 2.75) is 68.5 Å². The highest BCUT2D eigenvalue weighted by Gasteiger charge is 2.23. The van der Waals surface area contributed by atoms with Gasteiger partial charge in [0.25, 0.3) is 0 Å². The third-order valence-corrected chi connectivity index (χ3v) is 6.97. The molecule has 30 heavy (non-hydrogen) atoms. The third kappa shape index (κ3) is 4.14. The lowest BCUT2D eigenvalue weighted by Gasteiger charge is -2.31. The Morgan fingerprint density at radius 2 is 2.00 bits per heavy atom. The molecule has 0 unspecified atom stereocenters. The zero-order valence-electron chi connectivity index (χ0n) is 17.7. The molecule has 1 aromatic carbocycles. The summed E-state index contributed by atoms with van der Waals surface area (Å²) in [5.41, 5.74) is 2.50. The van der Waals surface area contributed by atoms with Gasteiger partial charge in [-0.05, 0) is 38.3 Å². The van der Waals surface area contributed by atoms with Gasteiger partial charge in [0.05, 0.1) is 0 Å². The molecule has 1 aliphatic rings. The summed E-state index contributed by atoms with van der Waals surface area (Å²) >= 11 is 1.48. The maximum Gasteiger partial charge on any atom is 0.350 e. The summed E-state index contributed by atoms with van der Waals surface area (Å²) in [4.78, 5) is 32.9. The monoisotopic (exact) mass is 425 g/mol. The topological polar surface area (TPSA) is 72.5 Å². The average molecular weight is 426 g/mol. The molecule has 8 heteroatoms. The first kappa shape index (κ1) is 20.7. The number of carbonyl (C=O) groups is 1. The molecule has 0 N–H and O–H groups in total. The van der Waals surface area contributed by atoms with Crippen LogP contribution in [0.5, 0.6) is 0 Å². The maximum absolute atomic E-state index is 12.8. The summed E-state index contributed by atoms with van der Waals surface area (Å²) in [5, 5.41) is 5.11. The first-order valence-corrected chi connectivity index (χ1v) is 11.2. The van der Waals surface area contributed by atoms with Crippen LogP contribution in [0, 0.1) is 13.8 Å². The van der Waals surface area contributed by atoms with Gasteiger partial charge in [0.2, 0.25) is 5.91 Å². The van der Waals surface area contributed by atoms with Crippen LogP contribution in [0.25, 0.3) is 5.65 Å². The third-order valence-electron chi connectivity index (χ3n) is 5.81. The van der Waals surface area contributed by atoms with Crippen molar-refractivity contribution in [3.63, 3.8) is 0 Å². The first-order valence-electron chi connectivity index (χ1n) is 10.4. The standard InChI is InChI=1S/C22H27N5O2S/c1-15-9-10-18(16(2)13-15)30-21-20-24-27(22(29)26(20)12-11-23-21)14-19(28)25(3)17-7-5-4-6-8-17/h9-13,17H,4-8,14H2,1-3H3. The second-order valence-corrected chi connectivity index (χ2v) is 9.06. The molecule has 0 radical (unpaired) electrons. The second kappa shape index (κ2) is 8.63. The molecule has 0 spiro atoms. The smallest absolute Gasteiger partial charge is 0.341 e. The van der Waals surface area contributed by atoms with Gasteiger partial charge >= 0.3 is 5.69 Å². The lowest BCUT2D eigenvalue weighted by atomic mass is 9.94. The fraction of sp³-hybridized carbons (Fsp3) is 0.455. The summed E-state index contributed by atoms with van der Waals surface area (Å²) in [7, 11) is 1.84. The molecule has 0 saturated heterocycles. The number of fused-ring (bicyclic) bond motifs is 1. The van der Waals surface area contributed by atoms with Crippen LogP contribution < -0.4 is 5.69 Å². The highest BCUT2D eigenvalue weighted by molar-refractivity contribution is 7.99. The summed E-state index contributed by atoms with van der Waals surface area (Å²) in [5.74, 6) is -0.0797. The van der Waals surface area contributed by atoms with Crippen LogP contribution >= 0.6 is 11.8 Å². The van der Waals surface area contributed by atoms with E-state index in [4.69, 9.17) is 0 Å². The van der Waals surface area contributed by atoms with Crippen molar-refractivity contribution in [1.82, 2.24) is 24.1 Å². The number of carbonyl (C=O) groups excluding carboxylic acids is 1. The van der Waals surface area contributed by atoms with Crippen LogP contribution in [0.3, 0.4) is 0 Å². The van der Waals surface area contributed by atoms with E-state index in [0.717, 1.165) is 36.1 Å². The number of hydrogen-bond acceptors (Lipinski definition) is 5. The van der Waals surface area contributed by atoms with Crippen LogP contribution in [-0.2, 0) is 11.3 Å². The lowest BCUT2D eigenvalue weighted by Crippen LogP contribution is -2.41. The van der Waals surface area contributed by atoms with E-state index in [2.05, 4.69) is 42.1 Å². The minimum Gasteiger partial charge on any atom is -0.341 e. The molecular weight excluding hydrogens is 398 g/mol. The molecule has 1 aliphatic carbocycles. The van der Waals surface area contributed by atoms with E-state index in [1.807, 2.05) is 7.05 Å². The molecule has 1 fully saturated rings. The summed E-state index contributed by atoms with van der Waals surface area (Å²) < 4.78 is 2.72. The molecule has 2 heterocycles. The van der Waals surface area contributed by atoms with Crippen LogP contribution in [0.4, 0.5) is 0 Å². The van der Waals surface area contributed by atoms with Crippen molar-refractivity contribution in [2.24, 2.45) is 0 Å². The molecule has 0 aliphatic heterocycles. The van der Waals surface area contributed by atoms with Crippen LogP contribution in [0.2, 0.25) is 0 Å². The summed E-state index contributed by atoms with van der Waals surface area (Å²) in [6.45, 7) is 4.06. The van der Waals surface area contributed by atoms with Crippen molar-refractivity contribution in [2.75, 3.05) is 7.05 Å². The number of aryl methyl sites for hydroxylation is 2. The Hall–Kier alpha value is -2.61. The largest absolute Gasteiger partial charge is 0.350 e. The predicted octanol–water partition coefficient (Wildman–Crippen LogP) is 3.45. The van der Waals surface area contributed by atoms with Gasteiger partial charge in [-0.2, -0.15) is 0 Å². The van der Waals surface area contributed by atoms with Gasteiger partial charge in [0.15, 0.2) is 5.65 Å². The minimum atomic E-state index is -0.319. The highest BCUT2D eigenvalue weighted by atomic mass is 32.2. The number of aromatic nitrogens is 4. The number of rotatable bonds is 5. The number of amides is 1. The second-order valence-electron chi connectivity index (χ2n) is 8.03. The average Bonchev–Trinajstić information content (AvgIpc) is 3.06. The molecule has 7 nitrogen and oxygen atoms in total. The van der Waals surface area contributed by atoms with Crippen molar-refractivity contribution in [3.05, 3.63) is 52.2 Å². The summed E-state index contributed by atoms with van der Waals surface area (Å²) in [6, 6.07) is 6.49. The predicted molar refractivity (Wildman–Crippen MR) is 117 cm³/mol. The Labute approximate surface area is 180 Å². The lowest BCUT2D eigenvalue weighted by molar-refractivity contribution is -0.133. The van der Waals surface area contributed by atoms with Crippen molar-refractivity contribution in [1.29, 1.82) is 0 Å². The van der Waals surface area contributed by atoms with Gasteiger partial charge in [-0.25, -0.2) is 18.9 Å². The number of hydrogen-bond donors (Lipinski definition) is 0. The van der Waals surface area contributed by atoms with E-state index in [-0.39, 0.29) is 24.2 Å². The SMILES string of the molecule is Cc1ccc(Sc2nccn3c(=O)n(CC(=O)N(C)C4CCCCC4)nc23)c(C)c1. The summed E-state index contributed by atoms with van der Waals surface area (Å²) in [6.07, 6.45) is 8.80. The van der Waals surface area contributed by atoms with Gasteiger partial charge in [-0.1, -0.05) is 48.7 Å². The molecular formula is C22H27N5O2S. The van der Waals surface area contributed by atoms with Crippen molar-refractivity contribution >= 4 is 23.3 Å². The molecule has 1 amide bonds. The Balaban J connectivity index is 1.59. The molecule has 158 valence electrons. The fourth-order valence-electron chi connectivity index (χ4n) is 4.03. The van der Waals surface area contributed by atoms with Gasteiger partial charge in [-0.3, -0.25) is 4.79 Å². The van der Waals surface area contributed by atoms with Gasteiger partial charge in [0.1, 0.15) is 11.6 Å². The van der Waals surface area contributed by atoms with E-state index < -0.39 is 0 Å². The quantitative estimate of drug-likeness (QED) is 0.626. The van der Waals surface area contributed by atoms with Crippen molar-refractivity contribution < 1.29 is 4.79 Å². The molecule has 0 bridgehead atoms. The zero-order chi connectivity index (χ0) is 21.3. The Bertz CT molecular complexity index is 1130. The van der Waals surface area contributed by atoms with Gasteiger partial charge in [-0.15, -0.1) is 5.10 Å². The molecule has 1 saturated carbocycles. The van der Waals surface area contributed by atoms with E-state index >= 15 is 0 Å². The molecule has 4 rings (SSSR count). The number of likely N-dealkylation sites (N-methyl/N-ethyl adjacent to an activating group) is 1. The maximum atomic E-state index is 12.8. The van der Waals surface area contributed by atoms with Crippen LogP contribution in [-0.4, -0.2) is 43.1 Å². The van der Waals surface area contributed by atoms with E-state index in [0.29, 0.717) is 10.7 Å². The van der Waals surface area contributed by atoms with E-state index in [1.54, 1.807) is 17.3 Å². The Morgan fingerprint density at radius 1 is 1.23 bits per heavy atom. The van der Waals surface area contributed by atoms with Crippen LogP contribution in [0.1, 0.15) is 43.2 Å². The van der Waals surface area contributed by atoms with Gasteiger partial charge < -0.3 is 4.90 Å².